The molecule has 1 fully saturated rings. The quantitative estimate of drug-likeness (QED) is 0.485. The number of nitrogens with zero attached hydrogens (tertiary/aromatic N) is 2. The number of ether oxygens (including phenoxy) is 1. The summed E-state index contributed by atoms with van der Waals surface area (Å²) in [4.78, 5) is 23.6. The number of benzene rings is 2. The van der Waals surface area contributed by atoms with Gasteiger partial charge in [-0.05, 0) is 35.7 Å². The van der Waals surface area contributed by atoms with Gasteiger partial charge in [0.25, 0.3) is 0 Å². The average Bonchev–Trinajstić information content (AvgIpc) is 2.91. The van der Waals surface area contributed by atoms with Crippen LogP contribution in [0.1, 0.15) is 24.8 Å². The number of amides is 1. The number of sulfonamides is 1. The van der Waals surface area contributed by atoms with Crippen LogP contribution in [-0.2, 0) is 19.6 Å². The fraction of sp³-hybridized carbons (Fsp3) is 0.440. The Bertz CT molecular complexity index is 1140. The lowest BCUT2D eigenvalue weighted by Crippen LogP contribution is -2.47. The summed E-state index contributed by atoms with van der Waals surface area (Å²) in [6, 6.07) is 16.2. The van der Waals surface area contributed by atoms with Crippen molar-refractivity contribution < 1.29 is 41.0 Å². The number of halogens is 3. The number of aliphatic carboxylic acids is 1. The van der Waals surface area contributed by atoms with E-state index in [2.05, 4.69) is 5.32 Å². The number of methoxy groups -OCH3 is 1. The molecule has 2 aromatic carbocycles. The van der Waals surface area contributed by atoms with Gasteiger partial charge in [-0.15, -0.1) is 0 Å². The minimum atomic E-state index is -5.08. The fourth-order valence-corrected chi connectivity index (χ4v) is 5.22. The van der Waals surface area contributed by atoms with Gasteiger partial charge in [0.1, 0.15) is 5.75 Å². The van der Waals surface area contributed by atoms with Crippen molar-refractivity contribution >= 4 is 21.9 Å². The van der Waals surface area contributed by atoms with Crippen LogP contribution >= 0.6 is 0 Å². The van der Waals surface area contributed by atoms with Crippen molar-refractivity contribution in [2.45, 2.75) is 30.3 Å². The molecule has 0 aromatic heterocycles. The number of carbonyl (C=O) groups excluding carboxylic acids is 1. The zero-order valence-electron chi connectivity index (χ0n) is 21.1. The van der Waals surface area contributed by atoms with E-state index in [4.69, 9.17) is 14.6 Å². The highest BCUT2D eigenvalue weighted by Crippen LogP contribution is 2.24. The predicted molar refractivity (Wildman–Crippen MR) is 134 cm³/mol. The minimum Gasteiger partial charge on any atom is -0.497 e. The first-order valence-corrected chi connectivity index (χ1v) is 13.3. The highest BCUT2D eigenvalue weighted by atomic mass is 32.2. The third kappa shape index (κ3) is 9.30. The van der Waals surface area contributed by atoms with Gasteiger partial charge >= 0.3 is 12.1 Å². The summed E-state index contributed by atoms with van der Waals surface area (Å²) in [6.45, 7) is 5.30. The van der Waals surface area contributed by atoms with Gasteiger partial charge in [-0.2, -0.15) is 17.5 Å². The third-order valence-corrected chi connectivity index (χ3v) is 7.71. The number of nitrogens with one attached hydrogen (secondary N) is 1. The third-order valence-electron chi connectivity index (χ3n) is 5.83. The number of piperazine rings is 1. The molecule has 1 aliphatic rings. The number of hydrogen-bond acceptors (Lipinski definition) is 6. The molecule has 1 amide bonds. The Kier molecular flexibility index (Phi) is 11.5. The number of carbonyl (C=O) groups is 2. The van der Waals surface area contributed by atoms with Crippen LogP contribution < -0.4 is 10.1 Å². The Morgan fingerprint density at radius 2 is 1.63 bits per heavy atom. The molecule has 0 bridgehead atoms. The van der Waals surface area contributed by atoms with Crippen LogP contribution in [0.5, 0.6) is 5.75 Å². The second kappa shape index (κ2) is 14.1. The molecule has 9 nitrogen and oxygen atoms in total. The molecule has 1 aliphatic heterocycles. The number of hydrogen-bond donors (Lipinski definition) is 2. The minimum absolute atomic E-state index is 0.0104. The summed E-state index contributed by atoms with van der Waals surface area (Å²) in [5.41, 5.74) is 1.06. The van der Waals surface area contributed by atoms with Crippen molar-refractivity contribution in [3.63, 3.8) is 0 Å². The number of rotatable bonds is 9. The second-order valence-corrected chi connectivity index (χ2v) is 10.5. The van der Waals surface area contributed by atoms with Crippen molar-refractivity contribution in [2.24, 2.45) is 0 Å². The first-order valence-electron chi connectivity index (χ1n) is 11.8. The Labute approximate surface area is 220 Å². The maximum Gasteiger partial charge on any atom is 0.490 e. The lowest BCUT2D eigenvalue weighted by molar-refractivity contribution is -0.192. The first kappa shape index (κ1) is 31.1. The van der Waals surface area contributed by atoms with Crippen LogP contribution in [0.3, 0.4) is 0 Å². The Hall–Kier alpha value is -3.16. The van der Waals surface area contributed by atoms with E-state index in [-0.39, 0.29) is 29.7 Å². The molecule has 38 heavy (non-hydrogen) atoms. The molecule has 0 radical (unpaired) electrons. The molecule has 1 atom stereocenters. The van der Waals surface area contributed by atoms with Gasteiger partial charge in [-0.3, -0.25) is 4.79 Å². The van der Waals surface area contributed by atoms with Crippen LogP contribution in [0, 0.1) is 0 Å². The molecule has 1 heterocycles. The molecule has 3 rings (SSSR count). The number of alkyl halides is 3. The SMILES string of the molecule is COc1ccc(S(=O)(=O)N(CCC(=O)N2CCNCC2)CC(C)c2ccccc2)cc1.O=C(O)C(F)(F)F. The van der Waals surface area contributed by atoms with Crippen LogP contribution in [0.2, 0.25) is 0 Å². The molecule has 210 valence electrons. The van der Waals surface area contributed by atoms with E-state index in [0.29, 0.717) is 25.4 Å². The summed E-state index contributed by atoms with van der Waals surface area (Å²) < 4.78 is 65.2. The average molecular weight is 560 g/mol. The van der Waals surface area contributed by atoms with E-state index >= 15 is 0 Å². The van der Waals surface area contributed by atoms with E-state index in [1.807, 2.05) is 37.3 Å². The van der Waals surface area contributed by atoms with Gasteiger partial charge in [0.15, 0.2) is 0 Å². The molecule has 1 saturated heterocycles. The zero-order valence-corrected chi connectivity index (χ0v) is 22.0. The summed E-state index contributed by atoms with van der Waals surface area (Å²) in [7, 11) is -2.22. The molecule has 0 aliphatic carbocycles. The maximum atomic E-state index is 13.4. The second-order valence-electron chi connectivity index (χ2n) is 8.53. The maximum absolute atomic E-state index is 13.4. The van der Waals surface area contributed by atoms with Crippen LogP contribution in [0.25, 0.3) is 0 Å². The molecular formula is C25H32F3N3O6S. The first-order chi connectivity index (χ1) is 17.9. The van der Waals surface area contributed by atoms with E-state index in [1.165, 1.54) is 4.31 Å². The van der Waals surface area contributed by atoms with Gasteiger partial charge < -0.3 is 20.1 Å². The van der Waals surface area contributed by atoms with E-state index in [9.17, 15) is 26.4 Å². The molecule has 0 saturated carbocycles. The molecule has 1 unspecified atom stereocenters. The summed E-state index contributed by atoms with van der Waals surface area (Å²) in [6.07, 6.45) is -4.92. The van der Waals surface area contributed by atoms with Crippen molar-refractivity contribution in [3.8, 4) is 5.75 Å². The van der Waals surface area contributed by atoms with E-state index < -0.39 is 22.2 Å². The van der Waals surface area contributed by atoms with Gasteiger partial charge in [0.05, 0.1) is 12.0 Å². The van der Waals surface area contributed by atoms with Gasteiger partial charge in [0, 0.05) is 45.7 Å². The summed E-state index contributed by atoms with van der Waals surface area (Å²) in [5.74, 6) is -2.18. The molecular weight excluding hydrogens is 527 g/mol. The standard InChI is InChI=1S/C23H31N3O4S.C2HF3O2/c1-19(20-6-4-3-5-7-20)18-26(15-12-23(27)25-16-13-24-14-17-25)31(28,29)22-10-8-21(30-2)9-11-22;3-2(4,5)1(6)7/h3-11,19,24H,12-18H2,1-2H3;(H,6,7). The number of carboxylic acid groups (broad SMARTS) is 1. The van der Waals surface area contributed by atoms with Gasteiger partial charge in [0.2, 0.25) is 15.9 Å². The van der Waals surface area contributed by atoms with Gasteiger partial charge in [-0.1, -0.05) is 37.3 Å². The van der Waals surface area contributed by atoms with Crippen molar-refractivity contribution in [1.82, 2.24) is 14.5 Å². The zero-order chi connectivity index (χ0) is 28.3. The Morgan fingerprint density at radius 1 is 1.08 bits per heavy atom. The topological polar surface area (TPSA) is 116 Å². The Balaban J connectivity index is 0.000000638. The summed E-state index contributed by atoms with van der Waals surface area (Å²) in [5, 5.41) is 10.3. The largest absolute Gasteiger partial charge is 0.497 e. The molecule has 2 N–H and O–H groups in total. The highest BCUT2D eigenvalue weighted by molar-refractivity contribution is 7.89. The lowest BCUT2D eigenvalue weighted by atomic mass is 10.0. The predicted octanol–water partition coefficient (Wildman–Crippen LogP) is 2.94. The van der Waals surface area contributed by atoms with Crippen molar-refractivity contribution in [2.75, 3.05) is 46.4 Å². The smallest absolute Gasteiger partial charge is 0.490 e. The van der Waals surface area contributed by atoms with E-state index in [1.54, 1.807) is 36.3 Å². The van der Waals surface area contributed by atoms with Crippen LogP contribution in [-0.4, -0.2) is 87.2 Å². The van der Waals surface area contributed by atoms with Crippen LogP contribution in [0.15, 0.2) is 59.5 Å². The number of carboxylic acids is 1. The molecule has 13 heteroatoms. The van der Waals surface area contributed by atoms with Gasteiger partial charge in [-0.25, -0.2) is 13.2 Å². The lowest BCUT2D eigenvalue weighted by Gasteiger charge is -2.29. The normalized spacial score (nSPS) is 14.8. The van der Waals surface area contributed by atoms with Crippen molar-refractivity contribution in [3.05, 3.63) is 60.2 Å². The highest BCUT2D eigenvalue weighted by Gasteiger charge is 2.38. The molecule has 0 spiro atoms. The van der Waals surface area contributed by atoms with Crippen molar-refractivity contribution in [1.29, 1.82) is 0 Å². The van der Waals surface area contributed by atoms with Crippen LogP contribution in [0.4, 0.5) is 13.2 Å². The molecule has 2 aromatic rings. The Morgan fingerprint density at radius 3 is 2.13 bits per heavy atom. The van der Waals surface area contributed by atoms with E-state index in [0.717, 1.165) is 18.7 Å². The monoisotopic (exact) mass is 559 g/mol. The fourth-order valence-electron chi connectivity index (χ4n) is 3.69. The summed E-state index contributed by atoms with van der Waals surface area (Å²) >= 11 is 0.